The van der Waals surface area contributed by atoms with Crippen LogP contribution in [0.25, 0.3) is 5.82 Å². The minimum Gasteiger partial charge on any atom is -0.371 e. The van der Waals surface area contributed by atoms with Crippen molar-refractivity contribution in [3.05, 3.63) is 54.0 Å². The fourth-order valence-electron chi connectivity index (χ4n) is 4.23. The average molecular weight is 363 g/mol. The quantitative estimate of drug-likeness (QED) is 0.728. The maximum Gasteiger partial charge on any atom is 0.271 e. The van der Waals surface area contributed by atoms with Crippen LogP contribution in [-0.4, -0.2) is 48.6 Å². The lowest BCUT2D eigenvalue weighted by Crippen LogP contribution is -2.51. The molecule has 8 nitrogen and oxygen atoms in total. The van der Waals surface area contributed by atoms with Gasteiger partial charge in [-0.3, -0.25) is 14.5 Å². The van der Waals surface area contributed by atoms with Crippen molar-refractivity contribution >= 4 is 11.6 Å². The highest BCUT2D eigenvalue weighted by molar-refractivity contribution is 5.92. The molecule has 0 unspecified atom stereocenters. The molecule has 8 heteroatoms. The van der Waals surface area contributed by atoms with Gasteiger partial charge in [-0.25, -0.2) is 9.97 Å². The third kappa shape index (κ3) is 2.36. The standard InChI is InChI=1S/C19H21N7O/c1-2-16-21-12-15-19(23-13-4-3-8-20-17(13)26(15)16)6-10-25(11-7-19)18(27)14-5-9-22-24-14/h3-5,8-9,12,23H,2,6-7,10-11H2,1H3,(H,22,24). The van der Waals surface area contributed by atoms with E-state index in [1.165, 1.54) is 0 Å². The topological polar surface area (TPSA) is 91.7 Å². The van der Waals surface area contributed by atoms with Crippen LogP contribution in [0.5, 0.6) is 0 Å². The number of carbonyl (C=O) groups is 1. The first-order valence-electron chi connectivity index (χ1n) is 9.31. The first-order chi connectivity index (χ1) is 13.2. The van der Waals surface area contributed by atoms with Gasteiger partial charge in [-0.15, -0.1) is 0 Å². The van der Waals surface area contributed by atoms with Crippen LogP contribution in [0.1, 0.15) is 41.8 Å². The van der Waals surface area contributed by atoms with Gasteiger partial charge >= 0.3 is 0 Å². The first-order valence-corrected chi connectivity index (χ1v) is 9.31. The zero-order valence-corrected chi connectivity index (χ0v) is 15.1. The van der Waals surface area contributed by atoms with Crippen LogP contribution < -0.4 is 5.32 Å². The Morgan fingerprint density at radius 3 is 2.81 bits per heavy atom. The normalized spacial score (nSPS) is 17.3. The lowest BCUT2D eigenvalue weighted by Gasteiger charge is -2.45. The zero-order valence-electron chi connectivity index (χ0n) is 15.1. The van der Waals surface area contributed by atoms with Crippen LogP contribution in [0.2, 0.25) is 0 Å². The molecule has 27 heavy (non-hydrogen) atoms. The van der Waals surface area contributed by atoms with Gasteiger partial charge in [0.25, 0.3) is 5.91 Å². The Bertz CT molecular complexity index is 983. The molecule has 0 aliphatic carbocycles. The minimum atomic E-state index is -0.235. The van der Waals surface area contributed by atoms with Gasteiger partial charge in [0.1, 0.15) is 11.5 Å². The van der Waals surface area contributed by atoms with Gasteiger partial charge in [-0.05, 0) is 31.0 Å². The van der Waals surface area contributed by atoms with Crippen molar-refractivity contribution in [3.8, 4) is 5.82 Å². The number of piperidine rings is 1. The number of aryl methyl sites for hydroxylation is 1. The molecule has 0 radical (unpaired) electrons. The zero-order chi connectivity index (χ0) is 18.4. The van der Waals surface area contributed by atoms with Gasteiger partial charge < -0.3 is 10.2 Å². The number of rotatable bonds is 2. The summed E-state index contributed by atoms with van der Waals surface area (Å²) in [7, 11) is 0. The van der Waals surface area contributed by atoms with E-state index in [4.69, 9.17) is 0 Å². The number of hydrogen-bond acceptors (Lipinski definition) is 5. The molecule has 2 aliphatic heterocycles. The van der Waals surface area contributed by atoms with Gasteiger partial charge in [0.05, 0.1) is 23.1 Å². The number of carbonyl (C=O) groups excluding carboxylic acids is 1. The maximum atomic E-state index is 12.6. The number of nitrogens with zero attached hydrogens (tertiary/aromatic N) is 5. The number of H-pyrrole nitrogens is 1. The van der Waals surface area contributed by atoms with E-state index in [9.17, 15) is 4.79 Å². The molecule has 138 valence electrons. The number of anilines is 1. The smallest absolute Gasteiger partial charge is 0.271 e. The molecule has 1 spiro atoms. The molecule has 2 aliphatic rings. The summed E-state index contributed by atoms with van der Waals surface area (Å²) in [5.74, 6) is 1.92. The molecule has 1 amide bonds. The van der Waals surface area contributed by atoms with E-state index in [0.29, 0.717) is 18.8 Å². The number of nitrogens with one attached hydrogen (secondary N) is 2. The Morgan fingerprint density at radius 2 is 2.07 bits per heavy atom. The maximum absolute atomic E-state index is 12.6. The van der Waals surface area contributed by atoms with E-state index in [1.54, 1.807) is 12.3 Å². The van der Waals surface area contributed by atoms with Crippen LogP contribution in [0, 0.1) is 0 Å². The molecule has 2 N–H and O–H groups in total. The largest absolute Gasteiger partial charge is 0.371 e. The number of likely N-dealkylation sites (tertiary alicyclic amines) is 1. The first kappa shape index (κ1) is 16.0. The predicted octanol–water partition coefficient (Wildman–Crippen LogP) is 2.11. The number of pyridine rings is 1. The number of aromatic nitrogens is 5. The molecule has 0 atom stereocenters. The third-order valence-electron chi connectivity index (χ3n) is 5.65. The van der Waals surface area contributed by atoms with E-state index < -0.39 is 0 Å². The van der Waals surface area contributed by atoms with E-state index in [1.807, 2.05) is 23.4 Å². The summed E-state index contributed by atoms with van der Waals surface area (Å²) >= 11 is 0. The van der Waals surface area contributed by atoms with Gasteiger partial charge in [0, 0.05) is 31.9 Å². The molecule has 0 bridgehead atoms. The lowest BCUT2D eigenvalue weighted by molar-refractivity contribution is 0.0670. The van der Waals surface area contributed by atoms with Gasteiger partial charge in [-0.2, -0.15) is 5.10 Å². The van der Waals surface area contributed by atoms with Crippen molar-refractivity contribution in [1.82, 2.24) is 29.6 Å². The molecule has 0 saturated carbocycles. The van der Waals surface area contributed by atoms with Crippen molar-refractivity contribution < 1.29 is 4.79 Å². The number of hydrogen-bond donors (Lipinski definition) is 2. The van der Waals surface area contributed by atoms with Crippen LogP contribution in [-0.2, 0) is 12.0 Å². The predicted molar refractivity (Wildman–Crippen MR) is 99.8 cm³/mol. The SMILES string of the molecule is CCc1ncc2n1-c1ncccc1NC21CCN(C(=O)c2ccn[nH]2)CC1. The summed E-state index contributed by atoms with van der Waals surface area (Å²) in [6.45, 7) is 3.46. The fourth-order valence-corrected chi connectivity index (χ4v) is 4.23. The Kier molecular flexibility index (Phi) is 3.53. The highest BCUT2D eigenvalue weighted by atomic mass is 16.2. The Balaban J connectivity index is 1.48. The molecular weight excluding hydrogens is 342 g/mol. The number of fused-ring (bicyclic) bond motifs is 4. The Morgan fingerprint density at radius 1 is 1.22 bits per heavy atom. The second-order valence-corrected chi connectivity index (χ2v) is 7.09. The molecular formula is C19H21N7O. The van der Waals surface area contributed by atoms with E-state index >= 15 is 0 Å². The second-order valence-electron chi connectivity index (χ2n) is 7.09. The highest BCUT2D eigenvalue weighted by Crippen LogP contribution is 2.43. The monoisotopic (exact) mass is 363 g/mol. The van der Waals surface area contributed by atoms with Crippen LogP contribution in [0.3, 0.4) is 0 Å². The molecule has 3 aromatic heterocycles. The number of amides is 1. The van der Waals surface area contributed by atoms with Crippen LogP contribution in [0.4, 0.5) is 5.69 Å². The van der Waals surface area contributed by atoms with Crippen molar-refractivity contribution in [2.24, 2.45) is 0 Å². The Hall–Kier alpha value is -3.16. The fraction of sp³-hybridized carbons (Fsp3) is 0.368. The van der Waals surface area contributed by atoms with Crippen molar-refractivity contribution in [1.29, 1.82) is 0 Å². The molecule has 3 aromatic rings. The van der Waals surface area contributed by atoms with Crippen LogP contribution >= 0.6 is 0 Å². The van der Waals surface area contributed by atoms with Crippen molar-refractivity contribution in [2.75, 3.05) is 18.4 Å². The van der Waals surface area contributed by atoms with Gasteiger partial charge in [0.15, 0.2) is 5.82 Å². The lowest BCUT2D eigenvalue weighted by atomic mass is 9.82. The highest BCUT2D eigenvalue weighted by Gasteiger charge is 2.44. The van der Waals surface area contributed by atoms with Gasteiger partial charge in [0.2, 0.25) is 0 Å². The second kappa shape index (κ2) is 5.94. The number of imidazole rings is 1. The summed E-state index contributed by atoms with van der Waals surface area (Å²) in [4.78, 5) is 23.8. The average Bonchev–Trinajstić information content (AvgIpc) is 3.39. The minimum absolute atomic E-state index is 0.00276. The molecule has 1 fully saturated rings. The summed E-state index contributed by atoms with van der Waals surface area (Å²) in [5, 5.41) is 10.4. The van der Waals surface area contributed by atoms with E-state index in [2.05, 4.69) is 43.0 Å². The summed E-state index contributed by atoms with van der Waals surface area (Å²) < 4.78 is 2.19. The Labute approximate surface area is 156 Å². The molecule has 5 heterocycles. The molecule has 0 aromatic carbocycles. The van der Waals surface area contributed by atoms with Crippen molar-refractivity contribution in [2.45, 2.75) is 31.7 Å². The van der Waals surface area contributed by atoms with Gasteiger partial charge in [-0.1, -0.05) is 6.92 Å². The molecule has 5 rings (SSSR count). The summed E-state index contributed by atoms with van der Waals surface area (Å²) in [5.41, 5.74) is 2.46. The number of aromatic amines is 1. The summed E-state index contributed by atoms with van der Waals surface area (Å²) in [6, 6.07) is 5.73. The van der Waals surface area contributed by atoms with Crippen molar-refractivity contribution in [3.63, 3.8) is 0 Å². The van der Waals surface area contributed by atoms with Crippen LogP contribution in [0.15, 0.2) is 36.8 Å². The summed E-state index contributed by atoms with van der Waals surface area (Å²) in [6.07, 6.45) is 7.86. The van der Waals surface area contributed by atoms with E-state index in [0.717, 1.165) is 42.3 Å². The molecule has 1 saturated heterocycles. The van der Waals surface area contributed by atoms with E-state index in [-0.39, 0.29) is 11.4 Å². The third-order valence-corrected chi connectivity index (χ3v) is 5.65.